The monoisotopic (exact) mass is 274 g/mol. The van der Waals surface area contributed by atoms with Gasteiger partial charge in [0.25, 0.3) is 0 Å². The highest BCUT2D eigenvalue weighted by molar-refractivity contribution is 7.90. The molecule has 2 rings (SSSR count). The maximum atomic E-state index is 11.7. The minimum Gasteiger partial charge on any atom is -0.351 e. The Kier molecular flexibility index (Phi) is 3.58. The summed E-state index contributed by atoms with van der Waals surface area (Å²) in [4.78, 5) is 6.51. The molecule has 0 atom stereocenters. The molecular formula is C11H15ClN2O2S. The molecule has 1 saturated carbocycles. The summed E-state index contributed by atoms with van der Waals surface area (Å²) in [6.45, 7) is 0.631. The number of pyridine rings is 1. The Hall–Kier alpha value is -0.810. The average Bonchev–Trinajstić information content (AvgIpc) is 3.08. The zero-order chi connectivity index (χ0) is 12.5. The fourth-order valence-electron chi connectivity index (χ4n) is 1.83. The van der Waals surface area contributed by atoms with Gasteiger partial charge in [-0.15, -0.1) is 11.6 Å². The highest BCUT2D eigenvalue weighted by atomic mass is 35.5. The summed E-state index contributed by atoms with van der Waals surface area (Å²) < 4.78 is 23.4. The van der Waals surface area contributed by atoms with E-state index >= 15 is 0 Å². The summed E-state index contributed by atoms with van der Waals surface area (Å²) in [6.07, 6.45) is 4.99. The van der Waals surface area contributed by atoms with Crippen molar-refractivity contribution in [2.24, 2.45) is 0 Å². The third-order valence-corrected chi connectivity index (χ3v) is 4.02. The molecule has 1 aromatic heterocycles. The van der Waals surface area contributed by atoms with E-state index in [9.17, 15) is 8.42 Å². The normalized spacial score (nSPS) is 15.9. The van der Waals surface area contributed by atoms with Gasteiger partial charge >= 0.3 is 0 Å². The van der Waals surface area contributed by atoms with Crippen LogP contribution in [-0.4, -0.2) is 38.1 Å². The topological polar surface area (TPSA) is 50.3 Å². The van der Waals surface area contributed by atoms with Gasteiger partial charge in [0, 0.05) is 30.9 Å². The smallest absolute Gasteiger partial charge is 0.179 e. The van der Waals surface area contributed by atoms with Crippen molar-refractivity contribution in [1.29, 1.82) is 0 Å². The van der Waals surface area contributed by atoms with E-state index in [1.807, 2.05) is 4.90 Å². The molecule has 4 nitrogen and oxygen atoms in total. The molecule has 0 bridgehead atoms. The highest BCUT2D eigenvalue weighted by Gasteiger charge is 2.32. The number of hydrogen-bond acceptors (Lipinski definition) is 4. The lowest BCUT2D eigenvalue weighted by molar-refractivity contribution is 0.600. The number of sulfone groups is 1. The predicted molar refractivity (Wildman–Crippen MR) is 68.4 cm³/mol. The number of hydrogen-bond donors (Lipinski definition) is 0. The van der Waals surface area contributed by atoms with Gasteiger partial charge in [-0.1, -0.05) is 0 Å². The number of anilines is 1. The number of alkyl halides is 1. The first kappa shape index (κ1) is 12.6. The van der Waals surface area contributed by atoms with Crippen molar-refractivity contribution in [2.75, 3.05) is 23.6 Å². The second-order valence-corrected chi connectivity index (χ2v) is 6.57. The van der Waals surface area contributed by atoms with Crippen LogP contribution in [-0.2, 0) is 9.84 Å². The molecule has 0 spiro atoms. The molecule has 0 aromatic carbocycles. The molecule has 1 aliphatic rings. The molecule has 0 amide bonds. The molecule has 17 heavy (non-hydrogen) atoms. The second-order valence-electron chi connectivity index (χ2n) is 4.21. The highest BCUT2D eigenvalue weighted by Crippen LogP contribution is 2.33. The first-order valence-corrected chi connectivity index (χ1v) is 7.94. The zero-order valence-corrected chi connectivity index (χ0v) is 11.2. The standard InChI is InChI=1S/C11H15ClN2O2S/c1-17(15,16)10-3-2-7-13-11(10)14(8-6-12)9-4-5-9/h2-3,7,9H,4-6,8H2,1H3. The predicted octanol–water partition coefficient (Wildman–Crippen LogP) is 1.69. The summed E-state index contributed by atoms with van der Waals surface area (Å²) in [7, 11) is -3.25. The quantitative estimate of drug-likeness (QED) is 0.767. The van der Waals surface area contributed by atoms with E-state index < -0.39 is 9.84 Å². The molecule has 0 radical (unpaired) electrons. The Morgan fingerprint density at radius 2 is 2.24 bits per heavy atom. The first-order valence-electron chi connectivity index (χ1n) is 5.51. The van der Waals surface area contributed by atoms with E-state index in [4.69, 9.17) is 11.6 Å². The fourth-order valence-corrected chi connectivity index (χ4v) is 2.84. The lowest BCUT2D eigenvalue weighted by Crippen LogP contribution is -2.30. The van der Waals surface area contributed by atoms with Crippen LogP contribution < -0.4 is 4.90 Å². The van der Waals surface area contributed by atoms with Gasteiger partial charge in [-0.05, 0) is 25.0 Å². The van der Waals surface area contributed by atoms with Crippen molar-refractivity contribution >= 4 is 27.3 Å². The third-order valence-electron chi connectivity index (χ3n) is 2.74. The van der Waals surface area contributed by atoms with Gasteiger partial charge in [0.05, 0.1) is 0 Å². The van der Waals surface area contributed by atoms with Gasteiger partial charge in [0.15, 0.2) is 9.84 Å². The molecule has 1 aliphatic carbocycles. The van der Waals surface area contributed by atoms with Crippen molar-refractivity contribution < 1.29 is 8.42 Å². The zero-order valence-electron chi connectivity index (χ0n) is 9.63. The van der Waals surface area contributed by atoms with Crippen molar-refractivity contribution in [1.82, 2.24) is 4.98 Å². The minimum absolute atomic E-state index is 0.289. The van der Waals surface area contributed by atoms with Gasteiger partial charge < -0.3 is 4.90 Å². The Morgan fingerprint density at radius 1 is 1.53 bits per heavy atom. The Morgan fingerprint density at radius 3 is 2.76 bits per heavy atom. The third kappa shape index (κ3) is 2.90. The maximum absolute atomic E-state index is 11.7. The molecule has 94 valence electrons. The van der Waals surface area contributed by atoms with Crippen LogP contribution in [0.25, 0.3) is 0 Å². The first-order chi connectivity index (χ1) is 8.04. The molecule has 1 heterocycles. The van der Waals surface area contributed by atoms with Crippen LogP contribution in [0.3, 0.4) is 0 Å². The average molecular weight is 275 g/mol. The van der Waals surface area contributed by atoms with Crippen LogP contribution in [0.5, 0.6) is 0 Å². The summed E-state index contributed by atoms with van der Waals surface area (Å²) in [5, 5.41) is 0. The summed E-state index contributed by atoms with van der Waals surface area (Å²) in [5.74, 6) is 1.01. The van der Waals surface area contributed by atoms with E-state index in [0.29, 0.717) is 24.3 Å². The number of halogens is 1. The van der Waals surface area contributed by atoms with E-state index in [1.165, 1.54) is 6.26 Å². The van der Waals surface area contributed by atoms with Crippen LogP contribution in [0.15, 0.2) is 23.2 Å². The van der Waals surface area contributed by atoms with E-state index in [-0.39, 0.29) is 4.90 Å². The van der Waals surface area contributed by atoms with Crippen molar-refractivity contribution in [3.63, 3.8) is 0 Å². The summed E-state index contributed by atoms with van der Waals surface area (Å²) >= 11 is 5.77. The Bertz CT molecular complexity index is 500. The Balaban J connectivity index is 2.42. The lowest BCUT2D eigenvalue weighted by atomic mass is 10.4. The van der Waals surface area contributed by atoms with Crippen LogP contribution in [0, 0.1) is 0 Å². The molecule has 0 N–H and O–H groups in total. The summed E-state index contributed by atoms with van der Waals surface area (Å²) in [5.41, 5.74) is 0. The fraction of sp³-hybridized carbons (Fsp3) is 0.545. The van der Waals surface area contributed by atoms with E-state index in [1.54, 1.807) is 18.3 Å². The Labute approximate surface area is 107 Å². The molecule has 1 aromatic rings. The second kappa shape index (κ2) is 4.82. The number of aromatic nitrogens is 1. The van der Waals surface area contributed by atoms with Gasteiger partial charge in [-0.2, -0.15) is 0 Å². The molecule has 0 aliphatic heterocycles. The lowest BCUT2D eigenvalue weighted by Gasteiger charge is -2.24. The summed E-state index contributed by atoms with van der Waals surface area (Å²) in [6, 6.07) is 3.64. The molecule has 6 heteroatoms. The van der Waals surface area contributed by atoms with E-state index in [0.717, 1.165) is 12.8 Å². The van der Waals surface area contributed by atoms with Gasteiger partial charge in [0.2, 0.25) is 0 Å². The molecule has 0 unspecified atom stereocenters. The van der Waals surface area contributed by atoms with Crippen molar-refractivity contribution in [3.8, 4) is 0 Å². The minimum atomic E-state index is -3.25. The van der Waals surface area contributed by atoms with Gasteiger partial charge in [-0.3, -0.25) is 0 Å². The number of rotatable bonds is 5. The van der Waals surface area contributed by atoms with Crippen LogP contribution in [0.4, 0.5) is 5.82 Å². The van der Waals surface area contributed by atoms with Crippen molar-refractivity contribution in [3.05, 3.63) is 18.3 Å². The van der Waals surface area contributed by atoms with E-state index in [2.05, 4.69) is 4.98 Å². The van der Waals surface area contributed by atoms with Crippen LogP contribution >= 0.6 is 11.6 Å². The van der Waals surface area contributed by atoms with Gasteiger partial charge in [-0.25, -0.2) is 13.4 Å². The molecule has 1 fully saturated rings. The van der Waals surface area contributed by atoms with Crippen molar-refractivity contribution in [2.45, 2.75) is 23.8 Å². The largest absolute Gasteiger partial charge is 0.351 e. The molecular weight excluding hydrogens is 260 g/mol. The SMILES string of the molecule is CS(=O)(=O)c1cccnc1N(CCCl)C1CC1. The van der Waals surface area contributed by atoms with Crippen LogP contribution in [0.2, 0.25) is 0 Å². The van der Waals surface area contributed by atoms with Gasteiger partial charge in [0.1, 0.15) is 10.7 Å². The molecule has 0 saturated heterocycles. The maximum Gasteiger partial charge on any atom is 0.179 e. The number of nitrogens with zero attached hydrogens (tertiary/aromatic N) is 2. The van der Waals surface area contributed by atoms with Crippen LogP contribution in [0.1, 0.15) is 12.8 Å².